The zero-order chi connectivity index (χ0) is 17.2. The summed E-state index contributed by atoms with van der Waals surface area (Å²) in [5, 5.41) is 12.3. The minimum atomic E-state index is 0.813. The lowest BCUT2D eigenvalue weighted by atomic mass is 10.2. The topological polar surface area (TPSA) is 50.1 Å². The van der Waals surface area contributed by atoms with Crippen LogP contribution in [0.25, 0.3) is 5.69 Å². The molecule has 1 aliphatic heterocycles. The van der Waals surface area contributed by atoms with Crippen molar-refractivity contribution < 1.29 is 0 Å². The third kappa shape index (κ3) is 3.20. The summed E-state index contributed by atoms with van der Waals surface area (Å²) in [6.45, 7) is 7.94. The van der Waals surface area contributed by atoms with E-state index in [-0.39, 0.29) is 0 Å². The number of anilines is 2. The number of nitrogens with zero attached hydrogens (tertiary/aromatic N) is 6. The van der Waals surface area contributed by atoms with Crippen molar-refractivity contribution in [3.8, 4) is 5.69 Å². The second-order valence-corrected chi connectivity index (χ2v) is 6.54. The smallest absolute Gasteiger partial charge is 0.250 e. The van der Waals surface area contributed by atoms with Gasteiger partial charge in [-0.2, -0.15) is 4.68 Å². The maximum atomic E-state index is 4.26. The van der Waals surface area contributed by atoms with Crippen LogP contribution < -0.4 is 9.80 Å². The first kappa shape index (κ1) is 15.6. The second kappa shape index (κ2) is 6.55. The Labute approximate surface area is 147 Å². The number of aryl methyl sites for hydroxylation is 2. The van der Waals surface area contributed by atoms with E-state index in [1.807, 2.05) is 4.68 Å². The van der Waals surface area contributed by atoms with Crippen LogP contribution in [0.4, 0.5) is 11.6 Å². The number of piperazine rings is 1. The van der Waals surface area contributed by atoms with Crippen molar-refractivity contribution in [1.82, 2.24) is 20.2 Å². The van der Waals surface area contributed by atoms with Crippen molar-refractivity contribution >= 4 is 11.6 Å². The van der Waals surface area contributed by atoms with Crippen LogP contribution in [0.1, 0.15) is 11.1 Å². The molecule has 25 heavy (non-hydrogen) atoms. The van der Waals surface area contributed by atoms with E-state index in [9.17, 15) is 0 Å². The van der Waals surface area contributed by atoms with Crippen LogP contribution in [0.5, 0.6) is 0 Å². The van der Waals surface area contributed by atoms with Gasteiger partial charge in [0.25, 0.3) is 0 Å². The lowest BCUT2D eigenvalue weighted by molar-refractivity contribution is 0.631. The molecule has 4 rings (SSSR count). The third-order valence-electron chi connectivity index (χ3n) is 4.66. The van der Waals surface area contributed by atoms with E-state index in [0.717, 1.165) is 37.8 Å². The molecule has 0 aliphatic carbocycles. The molecule has 0 saturated carbocycles. The fourth-order valence-electron chi connectivity index (χ4n) is 3.22. The quantitative estimate of drug-likeness (QED) is 0.737. The van der Waals surface area contributed by atoms with Crippen molar-refractivity contribution in [2.75, 3.05) is 36.0 Å². The maximum absolute atomic E-state index is 4.26. The van der Waals surface area contributed by atoms with Gasteiger partial charge in [0.1, 0.15) is 0 Å². The highest BCUT2D eigenvalue weighted by Crippen LogP contribution is 2.21. The van der Waals surface area contributed by atoms with Gasteiger partial charge in [-0.05, 0) is 54.1 Å². The Morgan fingerprint density at radius 3 is 2.20 bits per heavy atom. The van der Waals surface area contributed by atoms with E-state index in [4.69, 9.17) is 0 Å². The van der Waals surface area contributed by atoms with Crippen LogP contribution >= 0.6 is 0 Å². The highest BCUT2D eigenvalue weighted by molar-refractivity contribution is 5.51. The van der Waals surface area contributed by atoms with Gasteiger partial charge in [0.2, 0.25) is 5.95 Å². The molecule has 2 heterocycles. The molecule has 0 atom stereocenters. The summed E-state index contributed by atoms with van der Waals surface area (Å²) in [5.41, 5.74) is 4.80. The molecule has 1 saturated heterocycles. The number of rotatable bonds is 3. The zero-order valence-corrected chi connectivity index (χ0v) is 14.6. The lowest BCUT2D eigenvalue weighted by Gasteiger charge is -2.36. The summed E-state index contributed by atoms with van der Waals surface area (Å²) in [4.78, 5) is 4.68. The van der Waals surface area contributed by atoms with Gasteiger partial charge in [-0.25, -0.2) is 0 Å². The Kier molecular flexibility index (Phi) is 4.09. The second-order valence-electron chi connectivity index (χ2n) is 6.54. The van der Waals surface area contributed by atoms with E-state index in [0.29, 0.717) is 0 Å². The molecule has 3 aromatic rings. The Morgan fingerprint density at radius 2 is 1.48 bits per heavy atom. The summed E-state index contributed by atoms with van der Waals surface area (Å²) in [5.74, 6) is 0.813. The summed E-state index contributed by atoms with van der Waals surface area (Å²) in [6.07, 6.45) is 0. The Balaban J connectivity index is 1.50. The molecule has 128 valence electrons. The molecular weight excluding hydrogens is 312 g/mol. The molecule has 0 spiro atoms. The highest BCUT2D eigenvalue weighted by Gasteiger charge is 2.22. The Morgan fingerprint density at radius 1 is 0.760 bits per heavy atom. The summed E-state index contributed by atoms with van der Waals surface area (Å²) in [6, 6.07) is 16.9. The molecule has 0 bridgehead atoms. The Bertz CT molecular complexity index is 846. The predicted octanol–water partition coefficient (Wildman–Crippen LogP) is 2.61. The average Bonchev–Trinajstić information content (AvgIpc) is 3.12. The number of aromatic nitrogens is 4. The minimum absolute atomic E-state index is 0.813. The van der Waals surface area contributed by atoms with E-state index in [1.54, 1.807) is 0 Å². The molecule has 0 radical (unpaired) electrons. The van der Waals surface area contributed by atoms with Crippen molar-refractivity contribution in [2.24, 2.45) is 0 Å². The fourth-order valence-corrected chi connectivity index (χ4v) is 3.22. The summed E-state index contributed by atoms with van der Waals surface area (Å²) >= 11 is 0. The number of hydrogen-bond donors (Lipinski definition) is 0. The van der Waals surface area contributed by atoms with Crippen LogP contribution in [0.15, 0.2) is 48.5 Å². The van der Waals surface area contributed by atoms with Crippen LogP contribution in [0, 0.1) is 13.8 Å². The lowest BCUT2D eigenvalue weighted by Crippen LogP contribution is -2.47. The molecule has 1 fully saturated rings. The number of benzene rings is 2. The largest absolute Gasteiger partial charge is 0.368 e. The summed E-state index contributed by atoms with van der Waals surface area (Å²) in [7, 11) is 0. The maximum Gasteiger partial charge on any atom is 0.250 e. The van der Waals surface area contributed by atoms with Crippen molar-refractivity contribution in [2.45, 2.75) is 13.8 Å². The SMILES string of the molecule is Cc1ccc(-n2nnnc2N2CCN(c3cccc(C)c3)CC2)cc1. The molecule has 0 unspecified atom stereocenters. The average molecular weight is 334 g/mol. The van der Waals surface area contributed by atoms with Gasteiger partial charge in [0.15, 0.2) is 0 Å². The Hall–Kier alpha value is -2.89. The van der Waals surface area contributed by atoms with E-state index < -0.39 is 0 Å². The number of hydrogen-bond acceptors (Lipinski definition) is 5. The van der Waals surface area contributed by atoms with Gasteiger partial charge in [-0.3, -0.25) is 0 Å². The van der Waals surface area contributed by atoms with E-state index in [1.165, 1.54) is 16.8 Å². The first-order valence-corrected chi connectivity index (χ1v) is 8.63. The van der Waals surface area contributed by atoms with E-state index in [2.05, 4.69) is 87.7 Å². The molecule has 1 aliphatic rings. The molecule has 2 aromatic carbocycles. The number of tetrazole rings is 1. The van der Waals surface area contributed by atoms with Gasteiger partial charge in [-0.1, -0.05) is 34.9 Å². The zero-order valence-electron chi connectivity index (χ0n) is 14.6. The summed E-state index contributed by atoms with van der Waals surface area (Å²) < 4.78 is 1.82. The van der Waals surface area contributed by atoms with Crippen molar-refractivity contribution in [3.05, 3.63) is 59.7 Å². The van der Waals surface area contributed by atoms with Crippen LogP contribution in [-0.4, -0.2) is 46.4 Å². The van der Waals surface area contributed by atoms with Gasteiger partial charge in [-0.15, -0.1) is 0 Å². The normalized spacial score (nSPS) is 14.8. The highest BCUT2D eigenvalue weighted by atomic mass is 15.6. The van der Waals surface area contributed by atoms with Crippen molar-refractivity contribution in [1.29, 1.82) is 0 Å². The molecule has 6 nitrogen and oxygen atoms in total. The standard InChI is InChI=1S/C19H22N6/c1-15-6-8-17(9-7-15)25-19(20-21-22-25)24-12-10-23(11-13-24)18-5-3-4-16(2)14-18/h3-9,14H,10-13H2,1-2H3. The van der Waals surface area contributed by atoms with Gasteiger partial charge < -0.3 is 9.80 Å². The monoisotopic (exact) mass is 334 g/mol. The van der Waals surface area contributed by atoms with Gasteiger partial charge >= 0.3 is 0 Å². The van der Waals surface area contributed by atoms with Crippen LogP contribution in [-0.2, 0) is 0 Å². The third-order valence-corrected chi connectivity index (χ3v) is 4.66. The van der Waals surface area contributed by atoms with Gasteiger partial charge in [0, 0.05) is 31.9 Å². The molecule has 0 amide bonds. The fraction of sp³-hybridized carbons (Fsp3) is 0.316. The molecule has 1 aromatic heterocycles. The van der Waals surface area contributed by atoms with Crippen LogP contribution in [0.2, 0.25) is 0 Å². The first-order valence-electron chi connectivity index (χ1n) is 8.63. The first-order chi connectivity index (χ1) is 12.2. The minimum Gasteiger partial charge on any atom is -0.368 e. The van der Waals surface area contributed by atoms with E-state index >= 15 is 0 Å². The van der Waals surface area contributed by atoms with Crippen LogP contribution in [0.3, 0.4) is 0 Å². The molecular formula is C19H22N6. The van der Waals surface area contributed by atoms with Crippen molar-refractivity contribution in [3.63, 3.8) is 0 Å². The molecule has 6 heteroatoms. The van der Waals surface area contributed by atoms with Gasteiger partial charge in [0.05, 0.1) is 5.69 Å². The molecule has 0 N–H and O–H groups in total. The predicted molar refractivity (Wildman–Crippen MR) is 99.5 cm³/mol.